The molecular formula is C12H17N3O2S2. The summed E-state index contributed by atoms with van der Waals surface area (Å²) in [5.74, 6) is 0.684. The van der Waals surface area contributed by atoms with Crippen LogP contribution in [0.15, 0.2) is 35.6 Å². The molecule has 0 aliphatic carbocycles. The Bertz CT molecular complexity index is 650. The monoisotopic (exact) mass is 299 g/mol. The normalized spacial score (nSPS) is 12.4. The Morgan fingerprint density at radius 2 is 2.21 bits per heavy atom. The van der Waals surface area contributed by atoms with Crippen molar-refractivity contribution in [3.63, 3.8) is 0 Å². The van der Waals surface area contributed by atoms with Crippen molar-refractivity contribution in [2.75, 3.05) is 12.3 Å². The number of pyridine rings is 1. The van der Waals surface area contributed by atoms with Gasteiger partial charge in [0, 0.05) is 24.7 Å². The van der Waals surface area contributed by atoms with E-state index in [9.17, 15) is 8.42 Å². The first-order valence-corrected chi connectivity index (χ1v) is 8.57. The van der Waals surface area contributed by atoms with E-state index in [4.69, 9.17) is 0 Å². The molecule has 104 valence electrons. The van der Waals surface area contributed by atoms with Crippen molar-refractivity contribution in [1.82, 2.24) is 14.1 Å². The van der Waals surface area contributed by atoms with Gasteiger partial charge >= 0.3 is 0 Å². The smallest absolute Gasteiger partial charge is 0.213 e. The fourth-order valence-corrected chi connectivity index (χ4v) is 3.28. The molecule has 0 saturated heterocycles. The van der Waals surface area contributed by atoms with Crippen LogP contribution in [0.1, 0.15) is 13.8 Å². The SMILES string of the molecule is CC(C)S(=O)(=O)NCCSc1cccc2nccn12. The van der Waals surface area contributed by atoms with E-state index in [1.165, 1.54) is 0 Å². The summed E-state index contributed by atoms with van der Waals surface area (Å²) in [7, 11) is -3.17. The van der Waals surface area contributed by atoms with E-state index in [2.05, 4.69) is 9.71 Å². The molecule has 0 aliphatic heterocycles. The van der Waals surface area contributed by atoms with Gasteiger partial charge in [0.2, 0.25) is 10.0 Å². The van der Waals surface area contributed by atoms with E-state index in [-0.39, 0.29) is 0 Å². The van der Waals surface area contributed by atoms with Gasteiger partial charge < -0.3 is 0 Å². The average molecular weight is 299 g/mol. The van der Waals surface area contributed by atoms with Crippen LogP contribution < -0.4 is 4.72 Å². The number of rotatable bonds is 6. The van der Waals surface area contributed by atoms with Gasteiger partial charge in [0.1, 0.15) is 5.65 Å². The average Bonchev–Trinajstić information content (AvgIpc) is 2.83. The van der Waals surface area contributed by atoms with Crippen molar-refractivity contribution in [2.24, 2.45) is 0 Å². The lowest BCUT2D eigenvalue weighted by Crippen LogP contribution is -2.32. The van der Waals surface area contributed by atoms with Crippen LogP contribution in [0, 0.1) is 0 Å². The summed E-state index contributed by atoms with van der Waals surface area (Å²) >= 11 is 1.60. The maximum absolute atomic E-state index is 11.6. The van der Waals surface area contributed by atoms with Crippen LogP contribution >= 0.6 is 11.8 Å². The van der Waals surface area contributed by atoms with E-state index in [0.29, 0.717) is 12.3 Å². The summed E-state index contributed by atoms with van der Waals surface area (Å²) in [6.45, 7) is 3.76. The number of thioether (sulfide) groups is 1. The summed E-state index contributed by atoms with van der Waals surface area (Å²) in [4.78, 5) is 4.21. The van der Waals surface area contributed by atoms with Crippen molar-refractivity contribution < 1.29 is 8.42 Å². The molecule has 0 aromatic carbocycles. The Morgan fingerprint density at radius 3 is 2.95 bits per heavy atom. The molecule has 0 unspecified atom stereocenters. The number of nitrogens with zero attached hydrogens (tertiary/aromatic N) is 2. The van der Waals surface area contributed by atoms with Crippen molar-refractivity contribution in [3.05, 3.63) is 30.6 Å². The highest BCUT2D eigenvalue weighted by atomic mass is 32.2. The van der Waals surface area contributed by atoms with Crippen molar-refractivity contribution >= 4 is 27.4 Å². The van der Waals surface area contributed by atoms with E-state index in [1.807, 2.05) is 28.8 Å². The molecule has 0 saturated carbocycles. The Morgan fingerprint density at radius 1 is 1.42 bits per heavy atom. The highest BCUT2D eigenvalue weighted by Crippen LogP contribution is 2.18. The molecule has 2 aromatic heterocycles. The lowest BCUT2D eigenvalue weighted by molar-refractivity contribution is 0.575. The predicted octanol–water partition coefficient (Wildman–Crippen LogP) is 1.75. The maximum atomic E-state index is 11.6. The molecule has 0 fully saturated rings. The number of sulfonamides is 1. The minimum atomic E-state index is -3.17. The number of imidazole rings is 1. The number of fused-ring (bicyclic) bond motifs is 1. The van der Waals surface area contributed by atoms with Crippen LogP contribution in [0.5, 0.6) is 0 Å². The van der Waals surface area contributed by atoms with Gasteiger partial charge in [-0.1, -0.05) is 6.07 Å². The quantitative estimate of drug-likeness (QED) is 0.652. The zero-order chi connectivity index (χ0) is 13.9. The number of hydrogen-bond acceptors (Lipinski definition) is 4. The van der Waals surface area contributed by atoms with Crippen LogP contribution in [0.2, 0.25) is 0 Å². The highest BCUT2D eigenvalue weighted by Gasteiger charge is 2.14. The molecule has 5 nitrogen and oxygen atoms in total. The third-order valence-electron chi connectivity index (χ3n) is 2.67. The summed E-state index contributed by atoms with van der Waals surface area (Å²) in [5, 5.41) is 0.660. The van der Waals surface area contributed by atoms with Gasteiger partial charge in [-0.3, -0.25) is 4.40 Å². The van der Waals surface area contributed by atoms with E-state index in [1.54, 1.807) is 31.8 Å². The third-order valence-corrected chi connectivity index (χ3v) is 5.55. The van der Waals surface area contributed by atoms with Crippen LogP contribution in [-0.2, 0) is 10.0 Å². The largest absolute Gasteiger partial charge is 0.294 e. The summed E-state index contributed by atoms with van der Waals surface area (Å²) in [6.07, 6.45) is 3.65. The molecule has 0 aliphatic rings. The van der Waals surface area contributed by atoms with Gasteiger partial charge in [0.15, 0.2) is 0 Å². The fraction of sp³-hybridized carbons (Fsp3) is 0.417. The Labute approximate surface area is 117 Å². The van der Waals surface area contributed by atoms with Crippen molar-refractivity contribution in [3.8, 4) is 0 Å². The van der Waals surface area contributed by atoms with Crippen LogP contribution in [-0.4, -0.2) is 35.4 Å². The first kappa shape index (κ1) is 14.4. The van der Waals surface area contributed by atoms with Crippen LogP contribution in [0.25, 0.3) is 5.65 Å². The van der Waals surface area contributed by atoms with Crippen LogP contribution in [0.4, 0.5) is 0 Å². The van der Waals surface area contributed by atoms with Crippen LogP contribution in [0.3, 0.4) is 0 Å². The van der Waals surface area contributed by atoms with Gasteiger partial charge in [0.25, 0.3) is 0 Å². The lowest BCUT2D eigenvalue weighted by Gasteiger charge is -2.09. The summed E-state index contributed by atoms with van der Waals surface area (Å²) < 4.78 is 27.7. The predicted molar refractivity (Wildman–Crippen MR) is 78.0 cm³/mol. The van der Waals surface area contributed by atoms with Gasteiger partial charge in [-0.2, -0.15) is 0 Å². The lowest BCUT2D eigenvalue weighted by atomic mass is 10.5. The second kappa shape index (κ2) is 5.94. The molecule has 2 heterocycles. The second-order valence-electron chi connectivity index (χ2n) is 4.36. The molecule has 19 heavy (non-hydrogen) atoms. The molecule has 0 amide bonds. The van der Waals surface area contributed by atoms with E-state index < -0.39 is 15.3 Å². The molecule has 2 rings (SSSR count). The second-order valence-corrected chi connectivity index (χ2v) is 7.79. The van der Waals surface area contributed by atoms with Gasteiger partial charge in [-0.25, -0.2) is 18.1 Å². The number of nitrogens with one attached hydrogen (secondary N) is 1. The number of aromatic nitrogens is 2. The van der Waals surface area contributed by atoms with E-state index >= 15 is 0 Å². The zero-order valence-corrected chi connectivity index (χ0v) is 12.5. The Balaban J connectivity index is 1.92. The summed E-state index contributed by atoms with van der Waals surface area (Å²) in [6, 6.07) is 5.88. The first-order valence-electron chi connectivity index (χ1n) is 6.04. The van der Waals surface area contributed by atoms with Crippen molar-refractivity contribution in [1.29, 1.82) is 0 Å². The third kappa shape index (κ3) is 3.49. The molecule has 7 heteroatoms. The molecule has 0 bridgehead atoms. The summed E-state index contributed by atoms with van der Waals surface area (Å²) in [5.41, 5.74) is 0.896. The fourth-order valence-electron chi connectivity index (χ4n) is 1.55. The molecule has 0 spiro atoms. The highest BCUT2D eigenvalue weighted by molar-refractivity contribution is 7.99. The molecular weight excluding hydrogens is 282 g/mol. The maximum Gasteiger partial charge on any atom is 0.213 e. The van der Waals surface area contributed by atoms with Gasteiger partial charge in [0.05, 0.1) is 10.3 Å². The molecule has 0 radical (unpaired) electrons. The minimum absolute atomic E-state index is 0.394. The topological polar surface area (TPSA) is 63.5 Å². The molecule has 1 N–H and O–H groups in total. The standard InChI is InChI=1S/C12H17N3O2S2/c1-10(2)19(16,17)14-7-9-18-12-5-3-4-11-13-6-8-15(11)12/h3-6,8,10,14H,7,9H2,1-2H3. The number of hydrogen-bond donors (Lipinski definition) is 1. The molecule has 0 atom stereocenters. The van der Waals surface area contributed by atoms with Crippen molar-refractivity contribution in [2.45, 2.75) is 24.1 Å². The van der Waals surface area contributed by atoms with Gasteiger partial charge in [-0.15, -0.1) is 11.8 Å². The minimum Gasteiger partial charge on any atom is -0.294 e. The van der Waals surface area contributed by atoms with E-state index in [0.717, 1.165) is 10.7 Å². The zero-order valence-electron chi connectivity index (χ0n) is 10.9. The van der Waals surface area contributed by atoms with Gasteiger partial charge in [-0.05, 0) is 26.0 Å². The Hall–Kier alpha value is -1.05. The Kier molecular flexibility index (Phi) is 4.49. The molecule has 2 aromatic rings. The first-order chi connectivity index (χ1) is 9.00.